The van der Waals surface area contributed by atoms with E-state index in [0.717, 1.165) is 6.07 Å². The molecule has 2 heterocycles. The normalized spacial score (nSPS) is 11.7. The highest BCUT2D eigenvalue weighted by Gasteiger charge is 2.38. The van der Waals surface area contributed by atoms with Gasteiger partial charge in [-0.1, -0.05) is 23.4 Å². The van der Waals surface area contributed by atoms with Crippen molar-refractivity contribution >= 4 is 0 Å². The van der Waals surface area contributed by atoms with Crippen LogP contribution in [0.25, 0.3) is 11.4 Å². The lowest BCUT2D eigenvalue weighted by atomic mass is 10.1. The Labute approximate surface area is 132 Å². The lowest BCUT2D eigenvalue weighted by Gasteiger charge is -2.07. The Morgan fingerprint density at radius 3 is 2.58 bits per heavy atom. The van der Waals surface area contributed by atoms with Gasteiger partial charge in [-0.05, 0) is 12.1 Å². The molecule has 0 saturated heterocycles. The number of alkyl halides is 3. The molecule has 0 aliphatic carbocycles. The van der Waals surface area contributed by atoms with Crippen LogP contribution >= 0.6 is 0 Å². The van der Waals surface area contributed by atoms with Crippen LogP contribution in [-0.2, 0) is 12.7 Å². The van der Waals surface area contributed by atoms with Crippen molar-refractivity contribution in [2.24, 2.45) is 0 Å². The third kappa shape index (κ3) is 3.19. The Morgan fingerprint density at radius 2 is 1.96 bits per heavy atom. The minimum Gasteiger partial charge on any atom is -0.329 e. The fraction of sp³-hybridized carbons (Fsp3) is 0.133. The van der Waals surface area contributed by atoms with Crippen molar-refractivity contribution in [1.82, 2.24) is 14.7 Å². The molecule has 0 spiro atoms. The third-order valence-corrected chi connectivity index (χ3v) is 3.22. The molecule has 1 aromatic carbocycles. The lowest BCUT2D eigenvalue weighted by Crippen LogP contribution is -2.18. The minimum absolute atomic E-state index is 0.00810. The van der Waals surface area contributed by atoms with E-state index in [-0.39, 0.29) is 29.1 Å². The second-order valence-corrected chi connectivity index (χ2v) is 4.89. The van der Waals surface area contributed by atoms with E-state index in [1.807, 2.05) is 0 Å². The summed E-state index contributed by atoms with van der Waals surface area (Å²) in [6.45, 7) is -0.00810. The monoisotopic (exact) mass is 339 g/mol. The second kappa shape index (κ2) is 5.91. The number of hydrogen-bond donors (Lipinski definition) is 0. The fourth-order valence-corrected chi connectivity index (χ4v) is 2.05. The van der Waals surface area contributed by atoms with Gasteiger partial charge < -0.3 is 9.09 Å². The second-order valence-electron chi connectivity index (χ2n) is 4.89. The summed E-state index contributed by atoms with van der Waals surface area (Å²) in [4.78, 5) is 14.8. The molecule has 0 N–H and O–H groups in total. The SMILES string of the molecule is O=c1ccccn1Cc1ccc(-c2noc(C(F)(F)F)n2)cc1F. The maximum atomic E-state index is 14.2. The van der Waals surface area contributed by atoms with Gasteiger partial charge in [0.05, 0.1) is 6.54 Å². The van der Waals surface area contributed by atoms with Crippen molar-refractivity contribution in [2.75, 3.05) is 0 Å². The molecule has 0 aliphatic heterocycles. The Bertz CT molecular complexity index is 931. The molecule has 5 nitrogen and oxygen atoms in total. The summed E-state index contributed by atoms with van der Waals surface area (Å²) in [6, 6.07) is 8.24. The Balaban J connectivity index is 1.89. The van der Waals surface area contributed by atoms with Gasteiger partial charge in [-0.15, -0.1) is 0 Å². The predicted molar refractivity (Wildman–Crippen MR) is 74.5 cm³/mol. The molecule has 0 saturated carbocycles. The number of hydrogen-bond acceptors (Lipinski definition) is 4. The molecule has 9 heteroatoms. The van der Waals surface area contributed by atoms with Crippen molar-refractivity contribution in [3.63, 3.8) is 0 Å². The van der Waals surface area contributed by atoms with E-state index in [9.17, 15) is 22.4 Å². The molecule has 124 valence electrons. The molecule has 0 fully saturated rings. The molecule has 0 unspecified atom stereocenters. The number of rotatable bonds is 3. The van der Waals surface area contributed by atoms with E-state index in [1.54, 1.807) is 12.1 Å². The van der Waals surface area contributed by atoms with Crippen molar-refractivity contribution in [3.05, 3.63) is 70.2 Å². The lowest BCUT2D eigenvalue weighted by molar-refractivity contribution is -0.159. The van der Waals surface area contributed by atoms with Crippen LogP contribution in [0.5, 0.6) is 0 Å². The molecule has 0 radical (unpaired) electrons. The van der Waals surface area contributed by atoms with Gasteiger partial charge in [-0.3, -0.25) is 4.79 Å². The van der Waals surface area contributed by atoms with Gasteiger partial charge in [0.15, 0.2) is 0 Å². The average molecular weight is 339 g/mol. The topological polar surface area (TPSA) is 60.9 Å². The average Bonchev–Trinajstić information content (AvgIpc) is 3.01. The maximum absolute atomic E-state index is 14.2. The number of benzene rings is 1. The van der Waals surface area contributed by atoms with E-state index >= 15 is 0 Å². The zero-order valence-electron chi connectivity index (χ0n) is 11.9. The smallest absolute Gasteiger partial charge is 0.329 e. The molecule has 0 atom stereocenters. The van der Waals surface area contributed by atoms with Crippen molar-refractivity contribution in [2.45, 2.75) is 12.7 Å². The van der Waals surface area contributed by atoms with E-state index < -0.39 is 17.9 Å². The number of aromatic nitrogens is 3. The summed E-state index contributed by atoms with van der Waals surface area (Å²) in [6.07, 6.45) is -3.26. The Kier molecular flexibility index (Phi) is 3.92. The highest BCUT2D eigenvalue weighted by atomic mass is 19.4. The first-order valence-electron chi connectivity index (χ1n) is 6.70. The van der Waals surface area contributed by atoms with Crippen LogP contribution in [0.4, 0.5) is 17.6 Å². The van der Waals surface area contributed by atoms with Crippen LogP contribution in [0.15, 0.2) is 51.9 Å². The quantitative estimate of drug-likeness (QED) is 0.688. The van der Waals surface area contributed by atoms with Crippen molar-refractivity contribution in [3.8, 4) is 11.4 Å². The molecule has 3 aromatic rings. The summed E-state index contributed by atoms with van der Waals surface area (Å²) < 4.78 is 56.9. The summed E-state index contributed by atoms with van der Waals surface area (Å²) in [5, 5.41) is 3.19. The van der Waals surface area contributed by atoms with Crippen molar-refractivity contribution < 1.29 is 22.1 Å². The molecule has 2 aromatic heterocycles. The van der Waals surface area contributed by atoms with Gasteiger partial charge >= 0.3 is 12.1 Å². The molecule has 0 amide bonds. The minimum atomic E-state index is -4.77. The molecule has 24 heavy (non-hydrogen) atoms. The maximum Gasteiger partial charge on any atom is 0.471 e. The molecule has 3 rings (SSSR count). The third-order valence-electron chi connectivity index (χ3n) is 3.22. The van der Waals surface area contributed by atoms with Gasteiger partial charge in [-0.25, -0.2) is 4.39 Å². The van der Waals surface area contributed by atoms with E-state index in [1.165, 1.54) is 29.0 Å². The van der Waals surface area contributed by atoms with Gasteiger partial charge in [0.2, 0.25) is 5.82 Å². The summed E-state index contributed by atoms with van der Waals surface area (Å²) >= 11 is 0. The van der Waals surface area contributed by atoms with Crippen LogP contribution < -0.4 is 5.56 Å². The predicted octanol–water partition coefficient (Wildman–Crippen LogP) is 3.10. The number of nitrogens with zero attached hydrogens (tertiary/aromatic N) is 3. The molecular weight excluding hydrogens is 330 g/mol. The van der Waals surface area contributed by atoms with Crippen LogP contribution in [-0.4, -0.2) is 14.7 Å². The summed E-state index contributed by atoms with van der Waals surface area (Å²) in [5.74, 6) is -2.57. The van der Waals surface area contributed by atoms with E-state index in [0.29, 0.717) is 0 Å². The van der Waals surface area contributed by atoms with Crippen LogP contribution in [0.2, 0.25) is 0 Å². The highest BCUT2D eigenvalue weighted by Crippen LogP contribution is 2.29. The largest absolute Gasteiger partial charge is 0.471 e. The zero-order valence-corrected chi connectivity index (χ0v) is 11.9. The number of pyridine rings is 1. The Hall–Kier alpha value is -2.97. The fourth-order valence-electron chi connectivity index (χ4n) is 2.05. The standard InChI is InChI=1S/C15H9F4N3O2/c16-11-7-9(13-20-14(24-21-13)15(17,18)19)4-5-10(11)8-22-6-2-1-3-12(22)23/h1-7H,8H2. The summed E-state index contributed by atoms with van der Waals surface area (Å²) in [5.41, 5.74) is -0.0588. The van der Waals surface area contributed by atoms with E-state index in [4.69, 9.17) is 0 Å². The van der Waals surface area contributed by atoms with Gasteiger partial charge in [0, 0.05) is 23.4 Å². The van der Waals surface area contributed by atoms with Gasteiger partial charge in [0.1, 0.15) is 5.82 Å². The summed E-state index contributed by atoms with van der Waals surface area (Å²) in [7, 11) is 0. The Morgan fingerprint density at radius 1 is 1.17 bits per heavy atom. The highest BCUT2D eigenvalue weighted by molar-refractivity contribution is 5.55. The molecular formula is C15H9F4N3O2. The first-order valence-corrected chi connectivity index (χ1v) is 6.70. The number of halogens is 4. The van der Waals surface area contributed by atoms with Crippen LogP contribution in [0.3, 0.4) is 0 Å². The van der Waals surface area contributed by atoms with Crippen molar-refractivity contribution in [1.29, 1.82) is 0 Å². The molecule has 0 aliphatic rings. The van der Waals surface area contributed by atoms with Gasteiger partial charge in [0.25, 0.3) is 5.56 Å². The zero-order chi connectivity index (χ0) is 17.3. The van der Waals surface area contributed by atoms with Gasteiger partial charge in [-0.2, -0.15) is 18.2 Å². The van der Waals surface area contributed by atoms with Crippen LogP contribution in [0, 0.1) is 5.82 Å². The van der Waals surface area contributed by atoms with Crippen LogP contribution in [0.1, 0.15) is 11.5 Å². The first-order chi connectivity index (χ1) is 11.3. The first kappa shape index (κ1) is 15.9. The van der Waals surface area contributed by atoms with E-state index in [2.05, 4.69) is 14.7 Å². The molecule has 0 bridgehead atoms.